The third-order valence-electron chi connectivity index (χ3n) is 9.30. The Morgan fingerprint density at radius 3 is 1.54 bits per heavy atom. The van der Waals surface area contributed by atoms with Gasteiger partial charge >= 0.3 is 0 Å². The Kier molecular flexibility index (Phi) is 6.80. The summed E-state index contributed by atoms with van der Waals surface area (Å²) in [7, 11) is 0. The van der Waals surface area contributed by atoms with Crippen molar-refractivity contribution in [2.75, 3.05) is 0 Å². The maximum atomic E-state index is 4.60. The van der Waals surface area contributed by atoms with Crippen LogP contribution in [-0.2, 0) is 0 Å². The van der Waals surface area contributed by atoms with E-state index >= 15 is 0 Å². The Balaban J connectivity index is 1.19. The van der Waals surface area contributed by atoms with Gasteiger partial charge in [-0.1, -0.05) is 109 Å². The van der Waals surface area contributed by atoms with Crippen molar-refractivity contribution in [3.63, 3.8) is 0 Å². The average Bonchev–Trinajstić information content (AvgIpc) is 3.17. The van der Waals surface area contributed by atoms with Gasteiger partial charge in [0, 0.05) is 47.5 Å². The second-order valence-corrected chi connectivity index (χ2v) is 12.1. The Hall–Kier alpha value is -6.45. The summed E-state index contributed by atoms with van der Waals surface area (Å²) in [5.41, 5.74) is 12.7. The van der Waals surface area contributed by atoms with Gasteiger partial charge in [0.2, 0.25) is 0 Å². The van der Waals surface area contributed by atoms with E-state index in [-0.39, 0.29) is 0 Å². The number of fused-ring (bicyclic) bond motifs is 3. The molecule has 0 fully saturated rings. The number of hydrogen-bond acceptors (Lipinski definition) is 3. The fourth-order valence-electron chi connectivity index (χ4n) is 7.08. The summed E-state index contributed by atoms with van der Waals surface area (Å²) in [5, 5.41) is 6.10. The van der Waals surface area contributed by atoms with Crippen molar-refractivity contribution in [3.8, 4) is 55.6 Å². The van der Waals surface area contributed by atoms with E-state index < -0.39 is 0 Å². The minimum Gasteiger partial charge on any atom is -0.265 e. The van der Waals surface area contributed by atoms with E-state index in [4.69, 9.17) is 0 Å². The highest BCUT2D eigenvalue weighted by atomic mass is 14.6. The predicted octanol–water partition coefficient (Wildman–Crippen LogP) is 11.7. The SMILES string of the molecule is c1cc(-c2cccc3ncccc23)cc(-c2c3ccccc3c(-c3ccc(-c4cncc(-c5ccncc5)c4)cc3)c3ccccc23)c1. The lowest BCUT2D eigenvalue weighted by Gasteiger charge is -2.18. The van der Waals surface area contributed by atoms with Crippen molar-refractivity contribution in [2.45, 2.75) is 0 Å². The molecule has 0 N–H and O–H groups in total. The zero-order valence-corrected chi connectivity index (χ0v) is 26.1. The van der Waals surface area contributed by atoms with Crippen LogP contribution in [0.4, 0.5) is 0 Å². The lowest BCUT2D eigenvalue weighted by molar-refractivity contribution is 1.30. The molecule has 0 amide bonds. The molecule has 0 aliphatic rings. The van der Waals surface area contributed by atoms with Gasteiger partial charge in [-0.25, -0.2) is 0 Å². The van der Waals surface area contributed by atoms with Gasteiger partial charge in [-0.3, -0.25) is 15.0 Å². The van der Waals surface area contributed by atoms with E-state index in [9.17, 15) is 0 Å². The molecular weight excluding hydrogens is 583 g/mol. The number of aromatic nitrogens is 3. The quantitative estimate of drug-likeness (QED) is 0.182. The van der Waals surface area contributed by atoms with Gasteiger partial charge in [-0.2, -0.15) is 0 Å². The van der Waals surface area contributed by atoms with Crippen LogP contribution in [0.1, 0.15) is 0 Å². The molecule has 0 bridgehead atoms. The summed E-state index contributed by atoms with van der Waals surface area (Å²) in [6, 6.07) is 52.3. The highest BCUT2D eigenvalue weighted by molar-refractivity contribution is 6.21. The first-order chi connectivity index (χ1) is 23.8. The maximum absolute atomic E-state index is 4.60. The summed E-state index contributed by atoms with van der Waals surface area (Å²) < 4.78 is 0. The number of nitrogens with zero attached hydrogens (tertiary/aromatic N) is 3. The number of benzene rings is 6. The van der Waals surface area contributed by atoms with E-state index in [0.29, 0.717) is 0 Å². The summed E-state index contributed by atoms with van der Waals surface area (Å²) in [6.07, 6.45) is 9.32. The van der Waals surface area contributed by atoms with Gasteiger partial charge in [0.1, 0.15) is 0 Å². The molecule has 9 aromatic rings. The zero-order valence-electron chi connectivity index (χ0n) is 26.1. The van der Waals surface area contributed by atoms with Gasteiger partial charge in [-0.15, -0.1) is 0 Å². The summed E-state index contributed by atoms with van der Waals surface area (Å²) >= 11 is 0. The molecule has 0 atom stereocenters. The molecular formula is C45H29N3. The Morgan fingerprint density at radius 2 is 0.854 bits per heavy atom. The Labute approximate surface area is 278 Å². The standard InChI is InChI=1S/C45H29N3/c1-3-12-41-39(10-1)44(32-19-17-30(18-20-32)35-27-36(29-47-28-35)31-21-24-46-25-22-31)40-11-2-4-13-42(40)45(41)34-9-5-8-33(26-34)37-14-6-16-43-38(37)15-7-23-48-43/h1-29H. The average molecular weight is 612 g/mol. The highest BCUT2D eigenvalue weighted by Crippen LogP contribution is 2.44. The van der Waals surface area contributed by atoms with Crippen molar-refractivity contribution in [2.24, 2.45) is 0 Å². The smallest absolute Gasteiger partial charge is 0.0708 e. The van der Waals surface area contributed by atoms with Gasteiger partial charge in [-0.05, 0) is 102 Å². The van der Waals surface area contributed by atoms with Crippen LogP contribution in [0.2, 0.25) is 0 Å². The van der Waals surface area contributed by atoms with Crippen LogP contribution in [0.5, 0.6) is 0 Å². The third kappa shape index (κ3) is 4.81. The molecule has 0 spiro atoms. The van der Waals surface area contributed by atoms with Crippen molar-refractivity contribution in [1.82, 2.24) is 15.0 Å². The van der Waals surface area contributed by atoms with Crippen LogP contribution in [0.15, 0.2) is 177 Å². The molecule has 6 aromatic carbocycles. The molecule has 0 aliphatic heterocycles. The van der Waals surface area contributed by atoms with Crippen LogP contribution >= 0.6 is 0 Å². The van der Waals surface area contributed by atoms with Gasteiger partial charge in [0.15, 0.2) is 0 Å². The molecule has 0 aliphatic carbocycles. The van der Waals surface area contributed by atoms with Crippen molar-refractivity contribution in [1.29, 1.82) is 0 Å². The molecule has 0 unspecified atom stereocenters. The van der Waals surface area contributed by atoms with Crippen molar-refractivity contribution in [3.05, 3.63) is 177 Å². The first-order valence-electron chi connectivity index (χ1n) is 16.2. The van der Waals surface area contributed by atoms with Crippen molar-refractivity contribution >= 4 is 32.4 Å². The molecule has 3 heteroatoms. The highest BCUT2D eigenvalue weighted by Gasteiger charge is 2.17. The Bertz CT molecular complexity index is 2540. The molecule has 224 valence electrons. The minimum absolute atomic E-state index is 1.00. The fourth-order valence-corrected chi connectivity index (χ4v) is 7.08. The van der Waals surface area contributed by atoms with E-state index in [2.05, 4.69) is 142 Å². The maximum Gasteiger partial charge on any atom is 0.0708 e. The van der Waals surface area contributed by atoms with Crippen LogP contribution in [0, 0.1) is 0 Å². The normalized spacial score (nSPS) is 11.3. The van der Waals surface area contributed by atoms with E-state index in [0.717, 1.165) is 33.2 Å². The van der Waals surface area contributed by atoms with Gasteiger partial charge in [0.05, 0.1) is 5.52 Å². The van der Waals surface area contributed by atoms with E-state index in [1.165, 1.54) is 54.9 Å². The number of pyridine rings is 3. The Morgan fingerprint density at radius 1 is 0.312 bits per heavy atom. The molecule has 3 nitrogen and oxygen atoms in total. The molecule has 9 rings (SSSR count). The second-order valence-electron chi connectivity index (χ2n) is 12.1. The van der Waals surface area contributed by atoms with Gasteiger partial charge in [0.25, 0.3) is 0 Å². The number of rotatable bonds is 5. The molecule has 48 heavy (non-hydrogen) atoms. The largest absolute Gasteiger partial charge is 0.265 e. The lowest BCUT2D eigenvalue weighted by atomic mass is 9.85. The second kappa shape index (κ2) is 11.7. The molecule has 0 radical (unpaired) electrons. The summed E-state index contributed by atoms with van der Waals surface area (Å²) in [6.45, 7) is 0. The van der Waals surface area contributed by atoms with Crippen LogP contribution in [-0.4, -0.2) is 15.0 Å². The fraction of sp³-hybridized carbons (Fsp3) is 0. The molecule has 3 heterocycles. The molecule has 3 aromatic heterocycles. The predicted molar refractivity (Wildman–Crippen MR) is 200 cm³/mol. The zero-order chi connectivity index (χ0) is 31.9. The lowest BCUT2D eigenvalue weighted by Crippen LogP contribution is -1.91. The van der Waals surface area contributed by atoms with Crippen LogP contribution in [0.25, 0.3) is 88.1 Å². The van der Waals surface area contributed by atoms with Crippen LogP contribution in [0.3, 0.4) is 0 Å². The van der Waals surface area contributed by atoms with Crippen LogP contribution < -0.4 is 0 Å². The van der Waals surface area contributed by atoms with E-state index in [1.54, 1.807) is 0 Å². The third-order valence-corrected chi connectivity index (χ3v) is 9.30. The summed E-state index contributed by atoms with van der Waals surface area (Å²) in [5.74, 6) is 0. The minimum atomic E-state index is 1.00. The van der Waals surface area contributed by atoms with Crippen molar-refractivity contribution < 1.29 is 0 Å². The molecule has 0 saturated heterocycles. The first kappa shape index (κ1) is 27.8. The molecule has 0 saturated carbocycles. The van der Waals surface area contributed by atoms with Gasteiger partial charge < -0.3 is 0 Å². The monoisotopic (exact) mass is 611 g/mol. The topological polar surface area (TPSA) is 38.7 Å². The number of hydrogen-bond donors (Lipinski definition) is 0. The van der Waals surface area contributed by atoms with E-state index in [1.807, 2.05) is 49.2 Å². The summed E-state index contributed by atoms with van der Waals surface area (Å²) in [4.78, 5) is 13.3. The first-order valence-corrected chi connectivity index (χ1v) is 16.2.